The molecule has 0 fully saturated rings. The van der Waals surface area contributed by atoms with E-state index in [2.05, 4.69) is 16.2 Å². The average Bonchev–Trinajstić information content (AvgIpc) is 3.25. The third-order valence-electron chi connectivity index (χ3n) is 5.33. The number of hydrogen-bond donors (Lipinski definition) is 0. The minimum absolute atomic E-state index is 0.207. The molecule has 0 N–H and O–H groups in total. The van der Waals surface area contributed by atoms with Crippen LogP contribution in [0, 0.1) is 5.92 Å². The molecule has 4 rings (SSSR count). The van der Waals surface area contributed by atoms with Crippen LogP contribution < -0.4 is 0 Å². The summed E-state index contributed by atoms with van der Waals surface area (Å²) in [5, 5.41) is 0. The lowest BCUT2D eigenvalue weighted by Gasteiger charge is -2.31. The molecule has 0 radical (unpaired) electrons. The zero-order valence-electron chi connectivity index (χ0n) is 16.6. The average molecular weight is 407 g/mol. The molecule has 1 aliphatic heterocycles. The molecule has 1 atom stereocenters. The van der Waals surface area contributed by atoms with Crippen LogP contribution in [0.15, 0.2) is 79.1 Å². The van der Waals surface area contributed by atoms with Crippen molar-refractivity contribution in [2.24, 2.45) is 5.92 Å². The molecule has 0 aliphatic carbocycles. The van der Waals surface area contributed by atoms with Crippen molar-refractivity contribution in [1.82, 2.24) is 9.97 Å². The molecule has 1 aromatic carbocycles. The molecule has 152 valence electrons. The smallest absolute Gasteiger partial charge is 0.366 e. The summed E-state index contributed by atoms with van der Waals surface area (Å²) in [7, 11) is 0. The van der Waals surface area contributed by atoms with Gasteiger partial charge in [-0.25, -0.2) is 0 Å². The molecule has 1 aliphatic rings. The van der Waals surface area contributed by atoms with Gasteiger partial charge in [-0.1, -0.05) is 44.2 Å². The van der Waals surface area contributed by atoms with Crippen LogP contribution in [0.1, 0.15) is 25.0 Å². The Morgan fingerprint density at radius 3 is 2.37 bits per heavy atom. The van der Waals surface area contributed by atoms with Crippen molar-refractivity contribution >= 4 is 12.0 Å². The molecule has 0 bridgehead atoms. The van der Waals surface area contributed by atoms with Gasteiger partial charge in [0.25, 0.3) is 0 Å². The van der Waals surface area contributed by atoms with Gasteiger partial charge in [-0.2, -0.15) is 13.2 Å². The summed E-state index contributed by atoms with van der Waals surface area (Å²) < 4.78 is 41.2. The van der Waals surface area contributed by atoms with Gasteiger partial charge in [0.2, 0.25) is 5.82 Å². The topological polar surface area (TPSA) is 28.8 Å². The molecule has 30 heavy (non-hydrogen) atoms. The first-order valence-corrected chi connectivity index (χ1v) is 9.55. The van der Waals surface area contributed by atoms with Gasteiger partial charge in [-0.15, -0.1) is 11.1 Å². The number of halogens is 3. The van der Waals surface area contributed by atoms with Crippen LogP contribution in [0.4, 0.5) is 19.0 Å². The van der Waals surface area contributed by atoms with Crippen molar-refractivity contribution in [3.63, 3.8) is 0 Å². The van der Waals surface area contributed by atoms with Gasteiger partial charge in [-0.05, 0) is 59.6 Å². The summed E-state index contributed by atoms with van der Waals surface area (Å²) in [4.78, 5) is 8.99. The van der Waals surface area contributed by atoms with E-state index in [4.69, 9.17) is 0 Å². The Labute approximate surface area is 173 Å². The van der Waals surface area contributed by atoms with E-state index in [9.17, 15) is 13.2 Å². The molecule has 3 nitrogen and oxygen atoms in total. The summed E-state index contributed by atoms with van der Waals surface area (Å²) in [6, 6.07) is 16.8. The maximum atomic E-state index is 13.1. The SMILES string of the molecule is CC(C)(c1cccc(C(F)(F)F)c1)C1[C-]=[N+](c2cccc(-c3ccccn3)n2)C=C1. The maximum Gasteiger partial charge on any atom is 0.416 e. The van der Waals surface area contributed by atoms with Crippen molar-refractivity contribution in [1.29, 1.82) is 0 Å². The van der Waals surface area contributed by atoms with E-state index in [1.807, 2.05) is 62.5 Å². The quantitative estimate of drug-likeness (QED) is 0.399. The second-order valence-electron chi connectivity index (χ2n) is 7.71. The fourth-order valence-corrected chi connectivity index (χ4v) is 3.44. The number of rotatable bonds is 4. The molecule has 0 saturated carbocycles. The largest absolute Gasteiger partial charge is 0.416 e. The third-order valence-corrected chi connectivity index (χ3v) is 5.33. The van der Waals surface area contributed by atoms with E-state index < -0.39 is 17.2 Å². The van der Waals surface area contributed by atoms with Crippen LogP contribution in [-0.2, 0) is 11.6 Å². The summed E-state index contributed by atoms with van der Waals surface area (Å²) in [5.74, 6) is 0.470. The van der Waals surface area contributed by atoms with Crippen LogP contribution in [0.25, 0.3) is 11.4 Å². The lowest BCUT2D eigenvalue weighted by Crippen LogP contribution is -2.28. The molecule has 3 heterocycles. The van der Waals surface area contributed by atoms with Gasteiger partial charge >= 0.3 is 6.18 Å². The number of alkyl halides is 3. The lowest BCUT2D eigenvalue weighted by atomic mass is 9.74. The Morgan fingerprint density at radius 1 is 0.900 bits per heavy atom. The second-order valence-corrected chi connectivity index (χ2v) is 7.71. The molecule has 2 aromatic heterocycles. The van der Waals surface area contributed by atoms with E-state index >= 15 is 0 Å². The lowest BCUT2D eigenvalue weighted by molar-refractivity contribution is -0.356. The van der Waals surface area contributed by atoms with Crippen molar-refractivity contribution in [2.75, 3.05) is 0 Å². The van der Waals surface area contributed by atoms with Crippen LogP contribution in [0.2, 0.25) is 0 Å². The zero-order valence-corrected chi connectivity index (χ0v) is 16.6. The van der Waals surface area contributed by atoms with Crippen LogP contribution in [-0.4, -0.2) is 20.8 Å². The summed E-state index contributed by atoms with van der Waals surface area (Å²) in [6.45, 7) is 3.84. The Hall–Kier alpha value is -3.28. The van der Waals surface area contributed by atoms with E-state index in [1.54, 1.807) is 16.8 Å². The van der Waals surface area contributed by atoms with Crippen LogP contribution in [0.5, 0.6) is 0 Å². The predicted octanol–water partition coefficient (Wildman–Crippen LogP) is 5.88. The first kappa shape index (κ1) is 20.0. The standard InChI is InChI=1S/C24H20F3N3/c1-23(2,17-7-5-8-18(15-17)24(25,26)27)19-12-14-30(16-19)22-11-6-10-21(29-22)20-9-3-4-13-28-20/h3-15,19H,1-2H3. The summed E-state index contributed by atoms with van der Waals surface area (Å²) in [5.41, 5.74) is 0.894. The fraction of sp³-hybridized carbons (Fsp3) is 0.208. The van der Waals surface area contributed by atoms with Crippen molar-refractivity contribution in [3.8, 4) is 11.4 Å². The van der Waals surface area contributed by atoms with Crippen molar-refractivity contribution in [3.05, 3.63) is 90.3 Å². The van der Waals surface area contributed by atoms with Gasteiger partial charge in [-0.3, -0.25) is 4.98 Å². The van der Waals surface area contributed by atoms with Gasteiger partial charge in [0, 0.05) is 6.20 Å². The molecule has 1 unspecified atom stereocenters. The van der Waals surface area contributed by atoms with Crippen LogP contribution in [0.3, 0.4) is 0 Å². The Balaban J connectivity index is 1.64. The van der Waals surface area contributed by atoms with Gasteiger partial charge < -0.3 is 4.58 Å². The Bertz CT molecular complexity index is 1120. The number of benzene rings is 1. The number of pyridine rings is 2. The van der Waals surface area contributed by atoms with E-state index in [0.717, 1.165) is 17.5 Å². The molecular weight excluding hydrogens is 387 g/mol. The first-order chi connectivity index (χ1) is 14.2. The zero-order chi connectivity index (χ0) is 21.4. The molecule has 6 heteroatoms. The van der Waals surface area contributed by atoms with E-state index in [0.29, 0.717) is 11.4 Å². The monoisotopic (exact) mass is 407 g/mol. The summed E-state index contributed by atoms with van der Waals surface area (Å²) >= 11 is 0. The number of allylic oxidation sites excluding steroid dienone is 1. The van der Waals surface area contributed by atoms with Gasteiger partial charge in [0.15, 0.2) is 5.69 Å². The Kier molecular flexibility index (Phi) is 5.02. The second kappa shape index (κ2) is 7.52. The highest BCUT2D eigenvalue weighted by atomic mass is 19.4. The molecule has 0 spiro atoms. The van der Waals surface area contributed by atoms with Gasteiger partial charge in [0.1, 0.15) is 5.69 Å². The first-order valence-electron chi connectivity index (χ1n) is 9.55. The highest BCUT2D eigenvalue weighted by Gasteiger charge is 2.34. The van der Waals surface area contributed by atoms with E-state index in [-0.39, 0.29) is 5.92 Å². The van der Waals surface area contributed by atoms with Crippen molar-refractivity contribution in [2.45, 2.75) is 25.4 Å². The highest BCUT2D eigenvalue weighted by molar-refractivity contribution is 5.66. The highest BCUT2D eigenvalue weighted by Crippen LogP contribution is 2.37. The molecule has 0 amide bonds. The van der Waals surface area contributed by atoms with Crippen LogP contribution >= 0.6 is 0 Å². The van der Waals surface area contributed by atoms with E-state index in [1.165, 1.54) is 12.1 Å². The minimum atomic E-state index is -4.37. The summed E-state index contributed by atoms with van der Waals surface area (Å²) in [6.07, 6.45) is 4.48. The fourth-order valence-electron chi connectivity index (χ4n) is 3.44. The maximum absolute atomic E-state index is 13.1. The molecule has 3 aromatic rings. The normalized spacial score (nSPS) is 16.6. The van der Waals surface area contributed by atoms with Crippen molar-refractivity contribution < 1.29 is 17.7 Å². The molecule has 0 saturated heterocycles. The minimum Gasteiger partial charge on any atom is -0.366 e. The number of nitrogens with zero attached hydrogens (tertiary/aromatic N) is 3. The number of hydrogen-bond acceptors (Lipinski definition) is 2. The Morgan fingerprint density at radius 2 is 1.63 bits per heavy atom. The predicted molar refractivity (Wildman–Crippen MR) is 109 cm³/mol. The molecular formula is C24H20F3N3. The van der Waals surface area contributed by atoms with Gasteiger partial charge in [0.05, 0.1) is 5.56 Å². The third kappa shape index (κ3) is 3.90. The number of aromatic nitrogens is 2.